The minimum atomic E-state index is 0. The lowest BCUT2D eigenvalue weighted by Crippen LogP contribution is -2.38. The summed E-state index contributed by atoms with van der Waals surface area (Å²) >= 11 is 6.20. The quantitative estimate of drug-likeness (QED) is 0.302. The maximum absolute atomic E-state index is 6.20. The van der Waals surface area contributed by atoms with E-state index in [4.69, 9.17) is 16.3 Å². The fourth-order valence-electron chi connectivity index (χ4n) is 2.55. The number of nitrogens with zero attached hydrogens (tertiary/aromatic N) is 2. The summed E-state index contributed by atoms with van der Waals surface area (Å²) in [6.07, 6.45) is 0.838. The molecule has 0 saturated carbocycles. The molecule has 0 radical (unpaired) electrons. The molecule has 5 nitrogen and oxygen atoms in total. The number of guanidine groups is 1. The highest BCUT2D eigenvalue weighted by Gasteiger charge is 2.05. The maximum atomic E-state index is 6.20. The molecule has 7 heteroatoms. The molecule has 0 bridgehead atoms. The topological polar surface area (TPSA) is 48.9 Å². The molecule has 0 aliphatic rings. The van der Waals surface area contributed by atoms with E-state index in [2.05, 4.69) is 26.6 Å². The Morgan fingerprint density at radius 1 is 1.04 bits per heavy atom. The molecule has 0 heterocycles. The first kappa shape index (κ1) is 24.5. The summed E-state index contributed by atoms with van der Waals surface area (Å²) in [5.41, 5.74) is 2.23. The zero-order valence-corrected chi connectivity index (χ0v) is 19.8. The Labute approximate surface area is 190 Å². The standard InChI is InChI=1S/C21H29ClN4O.HI/c1-23-21(24-13-12-17-8-4-6-10-19(17)22)25-16-18-9-5-7-11-20(18)27-15-14-26(2)3;/h4-11H,12-16H2,1-3H3,(H2,23,24,25);1H. The Kier molecular flexibility index (Phi) is 11.9. The van der Waals surface area contributed by atoms with Crippen molar-refractivity contribution >= 4 is 41.5 Å². The summed E-state index contributed by atoms with van der Waals surface area (Å²) in [5, 5.41) is 7.46. The lowest BCUT2D eigenvalue weighted by atomic mass is 10.1. The van der Waals surface area contributed by atoms with Crippen molar-refractivity contribution in [3.63, 3.8) is 0 Å². The number of rotatable bonds is 9. The van der Waals surface area contributed by atoms with E-state index < -0.39 is 0 Å². The zero-order valence-electron chi connectivity index (χ0n) is 16.7. The van der Waals surface area contributed by atoms with Crippen LogP contribution in [0.2, 0.25) is 5.02 Å². The van der Waals surface area contributed by atoms with Gasteiger partial charge in [0.15, 0.2) is 5.96 Å². The van der Waals surface area contributed by atoms with Gasteiger partial charge in [-0.2, -0.15) is 0 Å². The van der Waals surface area contributed by atoms with Crippen molar-refractivity contribution in [1.29, 1.82) is 0 Å². The van der Waals surface area contributed by atoms with Gasteiger partial charge in [0.25, 0.3) is 0 Å². The van der Waals surface area contributed by atoms with Gasteiger partial charge >= 0.3 is 0 Å². The van der Waals surface area contributed by atoms with Gasteiger partial charge in [-0.1, -0.05) is 48.0 Å². The number of hydrogen-bond donors (Lipinski definition) is 2. The zero-order chi connectivity index (χ0) is 19.5. The van der Waals surface area contributed by atoms with Crippen LogP contribution < -0.4 is 15.4 Å². The second kappa shape index (κ2) is 13.6. The molecule has 0 aliphatic heterocycles. The Bertz CT molecular complexity index is 740. The molecule has 0 atom stereocenters. The highest BCUT2D eigenvalue weighted by atomic mass is 127. The lowest BCUT2D eigenvalue weighted by Gasteiger charge is -2.16. The number of likely N-dealkylation sites (N-methyl/N-ethyl adjacent to an activating group) is 1. The maximum Gasteiger partial charge on any atom is 0.191 e. The average molecular weight is 517 g/mol. The van der Waals surface area contributed by atoms with Crippen LogP contribution in [-0.2, 0) is 13.0 Å². The molecule has 2 N–H and O–H groups in total. The molecule has 0 unspecified atom stereocenters. The van der Waals surface area contributed by atoms with Crippen molar-refractivity contribution in [3.8, 4) is 5.75 Å². The third-order valence-electron chi connectivity index (χ3n) is 4.08. The van der Waals surface area contributed by atoms with Gasteiger partial charge in [0.05, 0.1) is 0 Å². The molecule has 2 aromatic rings. The van der Waals surface area contributed by atoms with Gasteiger partial charge in [0.1, 0.15) is 12.4 Å². The van der Waals surface area contributed by atoms with E-state index in [1.807, 2.05) is 56.6 Å². The highest BCUT2D eigenvalue weighted by Crippen LogP contribution is 2.17. The van der Waals surface area contributed by atoms with E-state index in [0.717, 1.165) is 47.4 Å². The van der Waals surface area contributed by atoms with Crippen LogP contribution >= 0.6 is 35.6 Å². The highest BCUT2D eigenvalue weighted by molar-refractivity contribution is 14.0. The number of aliphatic imine (C=N–C) groups is 1. The Balaban J connectivity index is 0.00000392. The number of nitrogens with one attached hydrogen (secondary N) is 2. The van der Waals surface area contributed by atoms with Gasteiger partial charge in [-0.05, 0) is 38.2 Å². The molecule has 154 valence electrons. The minimum absolute atomic E-state index is 0. The monoisotopic (exact) mass is 516 g/mol. The molecule has 0 amide bonds. The number of halogens is 2. The molecular weight excluding hydrogens is 487 g/mol. The third-order valence-corrected chi connectivity index (χ3v) is 4.45. The molecule has 0 aromatic heterocycles. The molecule has 0 spiro atoms. The summed E-state index contributed by atoms with van der Waals surface area (Å²) in [6.45, 7) is 2.94. The van der Waals surface area contributed by atoms with Gasteiger partial charge in [-0.15, -0.1) is 24.0 Å². The number of para-hydroxylation sites is 1. The molecule has 0 aliphatic carbocycles. The van der Waals surface area contributed by atoms with Gasteiger partial charge in [0, 0.05) is 37.3 Å². The van der Waals surface area contributed by atoms with Crippen LogP contribution in [0, 0.1) is 0 Å². The van der Waals surface area contributed by atoms with Gasteiger partial charge in [0.2, 0.25) is 0 Å². The van der Waals surface area contributed by atoms with Gasteiger partial charge in [-0.3, -0.25) is 4.99 Å². The van der Waals surface area contributed by atoms with Crippen molar-refractivity contribution in [1.82, 2.24) is 15.5 Å². The number of hydrogen-bond acceptors (Lipinski definition) is 3. The molecule has 0 saturated heterocycles. The first-order valence-electron chi connectivity index (χ1n) is 9.13. The van der Waals surface area contributed by atoms with E-state index in [1.54, 1.807) is 7.05 Å². The van der Waals surface area contributed by atoms with E-state index in [9.17, 15) is 0 Å². The van der Waals surface area contributed by atoms with Gasteiger partial charge in [-0.25, -0.2) is 0 Å². The van der Waals surface area contributed by atoms with Crippen LogP contribution in [0.25, 0.3) is 0 Å². The molecular formula is C21H30ClIN4O. The van der Waals surface area contributed by atoms with Crippen LogP contribution in [0.3, 0.4) is 0 Å². The summed E-state index contributed by atoms with van der Waals surface area (Å²) in [4.78, 5) is 6.39. The van der Waals surface area contributed by atoms with Crippen molar-refractivity contribution in [2.45, 2.75) is 13.0 Å². The molecule has 2 rings (SSSR count). The average Bonchev–Trinajstić information content (AvgIpc) is 2.66. The predicted molar refractivity (Wildman–Crippen MR) is 129 cm³/mol. The molecule has 28 heavy (non-hydrogen) atoms. The van der Waals surface area contributed by atoms with Crippen molar-refractivity contribution in [2.24, 2.45) is 4.99 Å². The Morgan fingerprint density at radius 3 is 2.39 bits per heavy atom. The van der Waals surface area contributed by atoms with Crippen LogP contribution in [0.1, 0.15) is 11.1 Å². The van der Waals surface area contributed by atoms with Crippen LogP contribution in [0.5, 0.6) is 5.75 Å². The van der Waals surface area contributed by atoms with Gasteiger partial charge < -0.3 is 20.3 Å². The van der Waals surface area contributed by atoms with Crippen LogP contribution in [-0.4, -0.2) is 51.7 Å². The lowest BCUT2D eigenvalue weighted by molar-refractivity contribution is 0.259. The fraction of sp³-hybridized carbons (Fsp3) is 0.381. The van der Waals surface area contributed by atoms with Crippen LogP contribution in [0.15, 0.2) is 53.5 Å². The first-order chi connectivity index (χ1) is 13.1. The summed E-state index contributed by atoms with van der Waals surface area (Å²) in [6, 6.07) is 16.0. The second-order valence-electron chi connectivity index (χ2n) is 6.45. The SMILES string of the molecule is CN=C(NCCc1ccccc1Cl)NCc1ccccc1OCCN(C)C.I. The first-order valence-corrected chi connectivity index (χ1v) is 9.51. The van der Waals surface area contributed by atoms with E-state index >= 15 is 0 Å². The van der Waals surface area contributed by atoms with Crippen LogP contribution in [0.4, 0.5) is 0 Å². The number of benzene rings is 2. The fourth-order valence-corrected chi connectivity index (χ4v) is 2.78. The summed E-state index contributed by atoms with van der Waals surface area (Å²) in [7, 11) is 5.84. The smallest absolute Gasteiger partial charge is 0.191 e. The Hall–Kier alpha value is -1.51. The van der Waals surface area contributed by atoms with E-state index in [0.29, 0.717) is 13.2 Å². The molecule has 2 aromatic carbocycles. The largest absolute Gasteiger partial charge is 0.492 e. The summed E-state index contributed by atoms with van der Waals surface area (Å²) < 4.78 is 5.91. The summed E-state index contributed by atoms with van der Waals surface area (Å²) in [5.74, 6) is 1.66. The van der Waals surface area contributed by atoms with Crippen molar-refractivity contribution < 1.29 is 4.74 Å². The second-order valence-corrected chi connectivity index (χ2v) is 6.86. The predicted octanol–water partition coefficient (Wildman–Crippen LogP) is 3.81. The van der Waals surface area contributed by atoms with Crippen molar-refractivity contribution in [2.75, 3.05) is 40.8 Å². The molecule has 0 fully saturated rings. The van der Waals surface area contributed by atoms with E-state index in [-0.39, 0.29) is 24.0 Å². The number of ether oxygens (including phenoxy) is 1. The minimum Gasteiger partial charge on any atom is -0.492 e. The van der Waals surface area contributed by atoms with E-state index in [1.165, 1.54) is 0 Å². The van der Waals surface area contributed by atoms with Crippen molar-refractivity contribution in [3.05, 3.63) is 64.7 Å². The normalized spacial score (nSPS) is 11.1. The Morgan fingerprint density at radius 2 is 1.71 bits per heavy atom. The third kappa shape index (κ3) is 8.67.